The van der Waals surface area contributed by atoms with Gasteiger partial charge in [-0.1, -0.05) is 6.07 Å². The van der Waals surface area contributed by atoms with Crippen molar-refractivity contribution >= 4 is 0 Å². The third-order valence-electron chi connectivity index (χ3n) is 3.05. The molecule has 1 unspecified atom stereocenters. The summed E-state index contributed by atoms with van der Waals surface area (Å²) < 4.78 is 40.3. The summed E-state index contributed by atoms with van der Waals surface area (Å²) in [5, 5.41) is 3.05. The molecule has 1 aliphatic rings. The van der Waals surface area contributed by atoms with Gasteiger partial charge in [0.1, 0.15) is 6.61 Å². The molecule has 6 heteroatoms. The van der Waals surface area contributed by atoms with Crippen LogP contribution < -0.4 is 14.8 Å². The molecule has 0 fully saturated rings. The predicted molar refractivity (Wildman–Crippen MR) is 70.7 cm³/mol. The number of benzene rings is 1. The van der Waals surface area contributed by atoms with Crippen LogP contribution in [0.15, 0.2) is 18.2 Å². The number of halogens is 2. The number of nitrogens with one attached hydrogen (secondary N) is 1. The Hall–Kier alpha value is -1.40. The van der Waals surface area contributed by atoms with E-state index in [1.807, 2.05) is 18.2 Å². The first-order chi connectivity index (χ1) is 9.70. The second-order valence-electron chi connectivity index (χ2n) is 4.53. The van der Waals surface area contributed by atoms with Crippen molar-refractivity contribution in [2.24, 2.45) is 0 Å². The highest BCUT2D eigenvalue weighted by Gasteiger charge is 2.16. The van der Waals surface area contributed by atoms with Gasteiger partial charge in [0.05, 0.1) is 25.9 Å². The monoisotopic (exact) mass is 287 g/mol. The average Bonchev–Trinajstić information content (AvgIpc) is 2.67. The molecular formula is C14H19F2NO3. The number of fused-ring (bicyclic) bond motifs is 1. The molecule has 1 aliphatic heterocycles. The van der Waals surface area contributed by atoms with E-state index in [2.05, 4.69) is 5.32 Å². The van der Waals surface area contributed by atoms with Crippen LogP contribution >= 0.6 is 0 Å². The van der Waals surface area contributed by atoms with Crippen LogP contribution in [0.2, 0.25) is 0 Å². The highest BCUT2D eigenvalue weighted by molar-refractivity contribution is 5.44. The molecule has 0 aromatic heterocycles. The normalized spacial score (nSPS) is 16.0. The third kappa shape index (κ3) is 4.05. The number of hydrogen-bond acceptors (Lipinski definition) is 4. The molecule has 4 nitrogen and oxygen atoms in total. The second kappa shape index (κ2) is 7.40. The van der Waals surface area contributed by atoms with Gasteiger partial charge in [-0.2, -0.15) is 0 Å². The topological polar surface area (TPSA) is 39.7 Å². The maximum Gasteiger partial charge on any atom is 0.261 e. The van der Waals surface area contributed by atoms with E-state index in [1.165, 1.54) is 0 Å². The number of ether oxygens (including phenoxy) is 3. The molecule has 1 atom stereocenters. The van der Waals surface area contributed by atoms with Crippen molar-refractivity contribution in [1.29, 1.82) is 0 Å². The highest BCUT2D eigenvalue weighted by atomic mass is 19.3. The lowest BCUT2D eigenvalue weighted by Gasteiger charge is -2.18. The van der Waals surface area contributed by atoms with Crippen LogP contribution in [0, 0.1) is 0 Å². The number of alkyl halides is 2. The molecule has 1 heterocycles. The Labute approximate surface area is 117 Å². The van der Waals surface area contributed by atoms with E-state index in [1.54, 1.807) is 7.05 Å². The predicted octanol–water partition coefficient (Wildman–Crippen LogP) is 2.39. The Bertz CT molecular complexity index is 429. The van der Waals surface area contributed by atoms with Crippen molar-refractivity contribution in [2.75, 3.05) is 33.5 Å². The SMILES string of the molecule is CNC(COCC(F)F)c1ccc2c(c1)OCCCO2. The maximum absolute atomic E-state index is 12.1. The van der Waals surface area contributed by atoms with Crippen LogP contribution in [0.1, 0.15) is 18.0 Å². The molecule has 1 aromatic rings. The van der Waals surface area contributed by atoms with Gasteiger partial charge in [-0.25, -0.2) is 8.78 Å². The Morgan fingerprint density at radius 2 is 1.95 bits per heavy atom. The summed E-state index contributed by atoms with van der Waals surface area (Å²) in [6, 6.07) is 5.44. The van der Waals surface area contributed by atoms with Crippen LogP contribution in [0.4, 0.5) is 8.78 Å². The van der Waals surface area contributed by atoms with Gasteiger partial charge in [-0.3, -0.25) is 0 Å². The molecule has 2 rings (SSSR count). The van der Waals surface area contributed by atoms with Gasteiger partial charge in [-0.05, 0) is 24.7 Å². The zero-order valence-electron chi connectivity index (χ0n) is 11.4. The Kier molecular flexibility index (Phi) is 5.55. The molecular weight excluding hydrogens is 268 g/mol. The average molecular weight is 287 g/mol. The zero-order chi connectivity index (χ0) is 14.4. The standard InChI is InChI=1S/C14H19F2NO3/c1-17-11(8-18-9-14(15)16)10-3-4-12-13(7-10)20-6-2-5-19-12/h3-4,7,11,14,17H,2,5-6,8-9H2,1H3. The van der Waals surface area contributed by atoms with Gasteiger partial charge >= 0.3 is 0 Å². The molecule has 1 aromatic carbocycles. The molecule has 112 valence electrons. The minimum absolute atomic E-state index is 0.161. The van der Waals surface area contributed by atoms with Gasteiger partial charge < -0.3 is 19.5 Å². The van der Waals surface area contributed by atoms with E-state index in [-0.39, 0.29) is 12.6 Å². The molecule has 0 spiro atoms. The Morgan fingerprint density at radius 1 is 1.20 bits per heavy atom. The summed E-state index contributed by atoms with van der Waals surface area (Å²) in [4.78, 5) is 0. The largest absolute Gasteiger partial charge is 0.490 e. The molecule has 0 bridgehead atoms. The van der Waals surface area contributed by atoms with Crippen LogP contribution in [0.3, 0.4) is 0 Å². The zero-order valence-corrected chi connectivity index (χ0v) is 11.4. The van der Waals surface area contributed by atoms with Gasteiger partial charge in [-0.15, -0.1) is 0 Å². The Morgan fingerprint density at radius 3 is 2.65 bits per heavy atom. The van der Waals surface area contributed by atoms with E-state index in [0.717, 1.165) is 17.7 Å². The van der Waals surface area contributed by atoms with Gasteiger partial charge in [0.15, 0.2) is 11.5 Å². The van der Waals surface area contributed by atoms with E-state index in [9.17, 15) is 8.78 Å². The van der Waals surface area contributed by atoms with E-state index >= 15 is 0 Å². The summed E-state index contributed by atoms with van der Waals surface area (Å²) in [6.45, 7) is 0.880. The quantitative estimate of drug-likeness (QED) is 0.872. The van der Waals surface area contributed by atoms with Crippen molar-refractivity contribution in [1.82, 2.24) is 5.32 Å². The molecule has 0 saturated carbocycles. The maximum atomic E-state index is 12.1. The molecule has 0 saturated heterocycles. The van der Waals surface area contributed by atoms with Crippen molar-refractivity contribution < 1.29 is 23.0 Å². The number of hydrogen-bond donors (Lipinski definition) is 1. The third-order valence-corrected chi connectivity index (χ3v) is 3.05. The smallest absolute Gasteiger partial charge is 0.261 e. The Balaban J connectivity index is 2.04. The lowest BCUT2D eigenvalue weighted by Crippen LogP contribution is -2.23. The van der Waals surface area contributed by atoms with Gasteiger partial charge in [0.25, 0.3) is 6.43 Å². The first-order valence-corrected chi connectivity index (χ1v) is 6.63. The van der Waals surface area contributed by atoms with E-state index in [0.29, 0.717) is 19.0 Å². The van der Waals surface area contributed by atoms with E-state index < -0.39 is 13.0 Å². The first kappa shape index (κ1) is 15.0. The molecule has 20 heavy (non-hydrogen) atoms. The molecule has 0 radical (unpaired) electrons. The molecule has 1 N–H and O–H groups in total. The van der Waals surface area contributed by atoms with Crippen molar-refractivity contribution in [3.63, 3.8) is 0 Å². The van der Waals surface area contributed by atoms with Crippen LogP contribution in [-0.2, 0) is 4.74 Å². The van der Waals surface area contributed by atoms with Crippen molar-refractivity contribution in [2.45, 2.75) is 18.9 Å². The summed E-state index contributed by atoms with van der Waals surface area (Å²) >= 11 is 0. The molecule has 0 amide bonds. The summed E-state index contributed by atoms with van der Waals surface area (Å²) in [7, 11) is 1.76. The fraction of sp³-hybridized carbons (Fsp3) is 0.571. The lowest BCUT2D eigenvalue weighted by molar-refractivity contribution is 0.00983. The lowest BCUT2D eigenvalue weighted by atomic mass is 10.1. The second-order valence-corrected chi connectivity index (χ2v) is 4.53. The minimum atomic E-state index is -2.45. The minimum Gasteiger partial charge on any atom is -0.490 e. The first-order valence-electron chi connectivity index (χ1n) is 6.63. The van der Waals surface area contributed by atoms with Crippen LogP contribution in [0.5, 0.6) is 11.5 Å². The van der Waals surface area contributed by atoms with Crippen LogP contribution in [-0.4, -0.2) is 39.9 Å². The van der Waals surface area contributed by atoms with Crippen molar-refractivity contribution in [3.05, 3.63) is 23.8 Å². The summed E-state index contributed by atoms with van der Waals surface area (Å²) in [6.07, 6.45) is -1.60. The number of rotatable bonds is 6. The number of likely N-dealkylation sites (N-methyl/N-ethyl adjacent to an activating group) is 1. The highest BCUT2D eigenvalue weighted by Crippen LogP contribution is 2.32. The van der Waals surface area contributed by atoms with Gasteiger partial charge in [0, 0.05) is 6.42 Å². The van der Waals surface area contributed by atoms with Crippen molar-refractivity contribution in [3.8, 4) is 11.5 Å². The fourth-order valence-corrected chi connectivity index (χ4v) is 2.02. The van der Waals surface area contributed by atoms with Gasteiger partial charge in [0.2, 0.25) is 0 Å². The van der Waals surface area contributed by atoms with Crippen LogP contribution in [0.25, 0.3) is 0 Å². The fourth-order valence-electron chi connectivity index (χ4n) is 2.02. The molecule has 0 aliphatic carbocycles. The summed E-state index contributed by atoms with van der Waals surface area (Å²) in [5.41, 5.74) is 0.922. The summed E-state index contributed by atoms with van der Waals surface area (Å²) in [5.74, 6) is 1.41. The van der Waals surface area contributed by atoms with E-state index in [4.69, 9.17) is 14.2 Å².